The number of aryl methyl sites for hydroxylation is 1. The molecule has 0 aromatic heterocycles. The summed E-state index contributed by atoms with van der Waals surface area (Å²) >= 11 is 0. The molecule has 2 unspecified atom stereocenters. The first kappa shape index (κ1) is 14.4. The van der Waals surface area contributed by atoms with Crippen molar-refractivity contribution in [2.24, 2.45) is 0 Å². The maximum absolute atomic E-state index is 5.85. The lowest BCUT2D eigenvalue weighted by Crippen LogP contribution is -2.27. The predicted octanol–water partition coefficient (Wildman–Crippen LogP) is 3.22. The van der Waals surface area contributed by atoms with Gasteiger partial charge in [0.05, 0.1) is 13.2 Å². The molecule has 0 spiro atoms. The van der Waals surface area contributed by atoms with E-state index in [0.717, 1.165) is 18.8 Å². The number of nitrogens with one attached hydrogen (secondary N) is 1. The van der Waals surface area contributed by atoms with Crippen molar-refractivity contribution in [2.45, 2.75) is 44.8 Å². The highest BCUT2D eigenvalue weighted by atomic mass is 16.5. The molecule has 1 aliphatic heterocycles. The van der Waals surface area contributed by atoms with Crippen LogP contribution in [0.15, 0.2) is 18.2 Å². The molecule has 1 N–H and O–H groups in total. The minimum absolute atomic E-state index is 0.290. The highest BCUT2D eigenvalue weighted by molar-refractivity contribution is 5.39. The van der Waals surface area contributed by atoms with Gasteiger partial charge in [0.15, 0.2) is 0 Å². The SMILES string of the molecule is CNC(CC1CCCCO1)c1cc(C)ccc1OC. The van der Waals surface area contributed by atoms with E-state index < -0.39 is 0 Å². The summed E-state index contributed by atoms with van der Waals surface area (Å²) < 4.78 is 11.3. The standard InChI is InChI=1S/C16H25NO2/c1-12-7-8-16(18-3)14(10-12)15(17-2)11-13-6-4-5-9-19-13/h7-8,10,13,15,17H,4-6,9,11H2,1-3H3. The molecule has 1 aromatic carbocycles. The third kappa shape index (κ3) is 3.71. The van der Waals surface area contributed by atoms with Crippen molar-refractivity contribution < 1.29 is 9.47 Å². The van der Waals surface area contributed by atoms with E-state index in [0.29, 0.717) is 6.10 Å². The highest BCUT2D eigenvalue weighted by Crippen LogP contribution is 2.31. The smallest absolute Gasteiger partial charge is 0.123 e. The molecule has 19 heavy (non-hydrogen) atoms. The molecule has 0 bridgehead atoms. The molecule has 106 valence electrons. The van der Waals surface area contributed by atoms with Crippen molar-refractivity contribution in [2.75, 3.05) is 20.8 Å². The number of methoxy groups -OCH3 is 1. The van der Waals surface area contributed by atoms with Crippen LogP contribution in [0.25, 0.3) is 0 Å². The van der Waals surface area contributed by atoms with E-state index in [2.05, 4.69) is 30.4 Å². The van der Waals surface area contributed by atoms with Crippen LogP contribution in [0.5, 0.6) is 5.75 Å². The molecule has 0 aliphatic carbocycles. The molecule has 0 radical (unpaired) electrons. The van der Waals surface area contributed by atoms with Gasteiger partial charge in [0, 0.05) is 18.2 Å². The number of hydrogen-bond acceptors (Lipinski definition) is 3. The maximum atomic E-state index is 5.85. The largest absolute Gasteiger partial charge is 0.496 e. The number of benzene rings is 1. The molecule has 1 aliphatic rings. The summed E-state index contributed by atoms with van der Waals surface area (Å²) in [5.74, 6) is 0.959. The number of rotatable bonds is 5. The molecule has 3 heteroatoms. The van der Waals surface area contributed by atoms with Crippen LogP contribution in [0, 0.1) is 6.92 Å². The van der Waals surface area contributed by atoms with Gasteiger partial charge in [-0.05, 0) is 45.7 Å². The number of hydrogen-bond donors (Lipinski definition) is 1. The van der Waals surface area contributed by atoms with E-state index in [1.165, 1.54) is 30.4 Å². The third-order valence-electron chi connectivity index (χ3n) is 3.88. The fraction of sp³-hybridized carbons (Fsp3) is 0.625. The van der Waals surface area contributed by atoms with Crippen LogP contribution in [0.4, 0.5) is 0 Å². The Morgan fingerprint density at radius 2 is 2.26 bits per heavy atom. The normalized spacial score (nSPS) is 21.1. The summed E-state index contributed by atoms with van der Waals surface area (Å²) in [6.07, 6.45) is 5.04. The minimum atomic E-state index is 0.290. The van der Waals surface area contributed by atoms with Crippen LogP contribution in [-0.2, 0) is 4.74 Å². The second-order valence-corrected chi connectivity index (χ2v) is 5.31. The Labute approximate surface area is 116 Å². The zero-order chi connectivity index (χ0) is 13.7. The molecule has 1 saturated heterocycles. The molecular weight excluding hydrogens is 238 g/mol. The first-order chi connectivity index (χ1) is 9.24. The Balaban J connectivity index is 2.13. The molecule has 1 aromatic rings. The zero-order valence-corrected chi connectivity index (χ0v) is 12.2. The van der Waals surface area contributed by atoms with Crippen LogP contribution < -0.4 is 10.1 Å². The first-order valence-electron chi connectivity index (χ1n) is 7.18. The molecule has 0 saturated carbocycles. The summed E-state index contributed by atoms with van der Waals surface area (Å²) in [4.78, 5) is 0. The van der Waals surface area contributed by atoms with E-state index in [1.807, 2.05) is 7.05 Å². The lowest BCUT2D eigenvalue weighted by Gasteiger charge is -2.28. The first-order valence-corrected chi connectivity index (χ1v) is 7.18. The summed E-state index contributed by atoms with van der Waals surface area (Å²) in [5.41, 5.74) is 2.50. The monoisotopic (exact) mass is 263 g/mol. The Kier molecular flexibility index (Phi) is 5.23. The Morgan fingerprint density at radius 3 is 2.89 bits per heavy atom. The minimum Gasteiger partial charge on any atom is -0.496 e. The van der Waals surface area contributed by atoms with Crippen molar-refractivity contribution in [1.29, 1.82) is 0 Å². The Morgan fingerprint density at radius 1 is 1.42 bits per heavy atom. The van der Waals surface area contributed by atoms with E-state index in [-0.39, 0.29) is 6.04 Å². The second-order valence-electron chi connectivity index (χ2n) is 5.31. The van der Waals surface area contributed by atoms with E-state index in [9.17, 15) is 0 Å². The second kappa shape index (κ2) is 6.92. The molecule has 1 heterocycles. The van der Waals surface area contributed by atoms with E-state index >= 15 is 0 Å². The fourth-order valence-electron chi connectivity index (χ4n) is 2.78. The van der Waals surface area contributed by atoms with Gasteiger partial charge in [-0.25, -0.2) is 0 Å². The van der Waals surface area contributed by atoms with Crippen molar-refractivity contribution >= 4 is 0 Å². The Hall–Kier alpha value is -1.06. The van der Waals surface area contributed by atoms with Gasteiger partial charge in [0.25, 0.3) is 0 Å². The number of ether oxygens (including phenoxy) is 2. The zero-order valence-electron chi connectivity index (χ0n) is 12.2. The van der Waals surface area contributed by atoms with Gasteiger partial charge in [-0.3, -0.25) is 0 Å². The fourth-order valence-corrected chi connectivity index (χ4v) is 2.78. The van der Waals surface area contributed by atoms with Gasteiger partial charge >= 0.3 is 0 Å². The van der Waals surface area contributed by atoms with Crippen LogP contribution in [0.1, 0.15) is 42.9 Å². The molecule has 1 fully saturated rings. The molecule has 2 atom stereocenters. The van der Waals surface area contributed by atoms with Crippen LogP contribution in [-0.4, -0.2) is 26.9 Å². The Bertz CT molecular complexity index is 400. The van der Waals surface area contributed by atoms with Crippen LogP contribution in [0.3, 0.4) is 0 Å². The summed E-state index contributed by atoms with van der Waals surface area (Å²) in [7, 11) is 3.74. The van der Waals surface area contributed by atoms with Crippen molar-refractivity contribution in [3.63, 3.8) is 0 Å². The van der Waals surface area contributed by atoms with Crippen LogP contribution in [0.2, 0.25) is 0 Å². The predicted molar refractivity (Wildman–Crippen MR) is 77.7 cm³/mol. The van der Waals surface area contributed by atoms with Gasteiger partial charge in [-0.1, -0.05) is 17.7 Å². The molecule has 2 rings (SSSR count). The summed E-state index contributed by atoms with van der Waals surface area (Å²) in [6.45, 7) is 3.03. The maximum Gasteiger partial charge on any atom is 0.123 e. The third-order valence-corrected chi connectivity index (χ3v) is 3.88. The van der Waals surface area contributed by atoms with Gasteiger partial charge in [0.2, 0.25) is 0 Å². The summed E-state index contributed by atoms with van der Waals surface area (Å²) in [5, 5.41) is 3.41. The highest BCUT2D eigenvalue weighted by Gasteiger charge is 2.22. The van der Waals surface area contributed by atoms with Gasteiger partial charge < -0.3 is 14.8 Å². The van der Waals surface area contributed by atoms with Crippen molar-refractivity contribution in [3.8, 4) is 5.75 Å². The van der Waals surface area contributed by atoms with Crippen LogP contribution >= 0.6 is 0 Å². The van der Waals surface area contributed by atoms with Gasteiger partial charge in [0.1, 0.15) is 5.75 Å². The quantitative estimate of drug-likeness (QED) is 0.884. The molecule has 0 amide bonds. The topological polar surface area (TPSA) is 30.5 Å². The van der Waals surface area contributed by atoms with Crippen molar-refractivity contribution in [1.82, 2.24) is 5.32 Å². The average Bonchev–Trinajstić information content (AvgIpc) is 2.46. The summed E-state index contributed by atoms with van der Waals surface area (Å²) in [6, 6.07) is 6.64. The van der Waals surface area contributed by atoms with E-state index in [4.69, 9.17) is 9.47 Å². The lowest BCUT2D eigenvalue weighted by molar-refractivity contribution is 0.00536. The average molecular weight is 263 g/mol. The van der Waals surface area contributed by atoms with Gasteiger partial charge in [-0.2, -0.15) is 0 Å². The lowest BCUT2D eigenvalue weighted by atomic mass is 9.95. The molecular formula is C16H25NO2. The van der Waals surface area contributed by atoms with Crippen molar-refractivity contribution in [3.05, 3.63) is 29.3 Å². The van der Waals surface area contributed by atoms with Gasteiger partial charge in [-0.15, -0.1) is 0 Å². The molecule has 3 nitrogen and oxygen atoms in total. The van der Waals surface area contributed by atoms with E-state index in [1.54, 1.807) is 7.11 Å².